The number of nitrogens with zero attached hydrogens (tertiary/aromatic N) is 5. The van der Waals surface area contributed by atoms with Crippen LogP contribution in [0.3, 0.4) is 0 Å². The molecule has 2 N–H and O–H groups in total. The summed E-state index contributed by atoms with van der Waals surface area (Å²) in [6.45, 7) is 0.633. The minimum absolute atomic E-state index is 0.118. The Bertz CT molecular complexity index is 671. The van der Waals surface area contributed by atoms with Crippen molar-refractivity contribution in [2.24, 2.45) is 0 Å². The quantitative estimate of drug-likeness (QED) is 0.675. The van der Waals surface area contributed by atoms with Gasteiger partial charge in [-0.3, -0.25) is 4.79 Å². The molecule has 2 aromatic heterocycles. The summed E-state index contributed by atoms with van der Waals surface area (Å²) in [5.74, 6) is 0.724. The summed E-state index contributed by atoms with van der Waals surface area (Å²) in [7, 11) is 0. The minimum Gasteiger partial charge on any atom is -0.354 e. The van der Waals surface area contributed by atoms with Crippen molar-refractivity contribution in [2.75, 3.05) is 6.54 Å². The van der Waals surface area contributed by atoms with Gasteiger partial charge in [0.2, 0.25) is 5.91 Å². The number of carbonyl (C=O) groups is 1. The number of para-hydroxylation sites is 2. The Balaban J connectivity index is 1.51. The molecule has 0 atom stereocenters. The first-order valence-corrected chi connectivity index (χ1v) is 6.22. The molecule has 8 nitrogen and oxygen atoms in total. The van der Waals surface area contributed by atoms with Gasteiger partial charge in [0.25, 0.3) is 0 Å². The maximum absolute atomic E-state index is 11.6. The van der Waals surface area contributed by atoms with Crippen LogP contribution in [0.2, 0.25) is 0 Å². The van der Waals surface area contributed by atoms with Crippen LogP contribution in [0, 0.1) is 0 Å². The first-order chi connectivity index (χ1) is 9.81. The second kappa shape index (κ2) is 5.47. The lowest BCUT2D eigenvalue weighted by molar-refractivity contribution is -0.121. The molecule has 2 heterocycles. The zero-order valence-electron chi connectivity index (χ0n) is 10.7. The SMILES string of the molecule is O=C(Cn1cnnn1)NCCc1nc2ccccc2[nH]1. The lowest BCUT2D eigenvalue weighted by Gasteiger charge is -2.02. The predicted molar refractivity (Wildman–Crippen MR) is 70.6 cm³/mol. The van der Waals surface area contributed by atoms with Gasteiger partial charge in [0, 0.05) is 13.0 Å². The van der Waals surface area contributed by atoms with Crippen molar-refractivity contribution in [1.29, 1.82) is 0 Å². The van der Waals surface area contributed by atoms with Crippen LogP contribution in [0.5, 0.6) is 0 Å². The van der Waals surface area contributed by atoms with Crippen LogP contribution >= 0.6 is 0 Å². The molecule has 8 heteroatoms. The Morgan fingerprint density at radius 3 is 3.05 bits per heavy atom. The molecule has 0 saturated heterocycles. The van der Waals surface area contributed by atoms with Crippen molar-refractivity contribution in [3.8, 4) is 0 Å². The molecule has 20 heavy (non-hydrogen) atoms. The number of H-pyrrole nitrogens is 1. The van der Waals surface area contributed by atoms with Crippen molar-refractivity contribution in [3.63, 3.8) is 0 Å². The van der Waals surface area contributed by atoms with Gasteiger partial charge in [-0.05, 0) is 22.6 Å². The van der Waals surface area contributed by atoms with Gasteiger partial charge in [-0.15, -0.1) is 5.10 Å². The Labute approximate surface area is 114 Å². The highest BCUT2D eigenvalue weighted by Gasteiger charge is 2.05. The number of imidazole rings is 1. The van der Waals surface area contributed by atoms with Crippen molar-refractivity contribution < 1.29 is 4.79 Å². The van der Waals surface area contributed by atoms with Crippen molar-refractivity contribution in [3.05, 3.63) is 36.4 Å². The van der Waals surface area contributed by atoms with Gasteiger partial charge in [0.15, 0.2) is 0 Å². The molecule has 0 unspecified atom stereocenters. The average molecular weight is 271 g/mol. The number of hydrogen-bond donors (Lipinski definition) is 2. The highest BCUT2D eigenvalue weighted by atomic mass is 16.2. The largest absolute Gasteiger partial charge is 0.354 e. The van der Waals surface area contributed by atoms with Crippen LogP contribution < -0.4 is 5.32 Å². The third-order valence-electron chi connectivity index (χ3n) is 2.82. The van der Waals surface area contributed by atoms with Crippen molar-refractivity contribution in [2.45, 2.75) is 13.0 Å². The van der Waals surface area contributed by atoms with E-state index in [1.807, 2.05) is 24.3 Å². The first kappa shape index (κ1) is 12.3. The molecule has 3 rings (SSSR count). The molecule has 0 saturated carbocycles. The van der Waals surface area contributed by atoms with E-state index in [0.29, 0.717) is 13.0 Å². The van der Waals surface area contributed by atoms with E-state index < -0.39 is 0 Å². The van der Waals surface area contributed by atoms with Gasteiger partial charge < -0.3 is 10.3 Å². The van der Waals surface area contributed by atoms with Gasteiger partial charge in [-0.2, -0.15) is 0 Å². The normalized spacial score (nSPS) is 10.8. The molecular weight excluding hydrogens is 258 g/mol. The average Bonchev–Trinajstić information content (AvgIpc) is 3.07. The van der Waals surface area contributed by atoms with Crippen LogP contribution in [0.15, 0.2) is 30.6 Å². The van der Waals surface area contributed by atoms with E-state index in [0.717, 1.165) is 16.9 Å². The van der Waals surface area contributed by atoms with E-state index in [4.69, 9.17) is 0 Å². The van der Waals surface area contributed by atoms with Crippen molar-refractivity contribution in [1.82, 2.24) is 35.5 Å². The number of benzene rings is 1. The second-order valence-electron chi connectivity index (χ2n) is 4.31. The smallest absolute Gasteiger partial charge is 0.241 e. The number of hydrogen-bond acceptors (Lipinski definition) is 5. The van der Waals surface area contributed by atoms with E-state index in [1.54, 1.807) is 0 Å². The van der Waals surface area contributed by atoms with Crippen molar-refractivity contribution >= 4 is 16.9 Å². The zero-order valence-corrected chi connectivity index (χ0v) is 10.7. The molecule has 3 aromatic rings. The summed E-state index contributed by atoms with van der Waals surface area (Å²) in [5, 5.41) is 13.4. The van der Waals surface area contributed by atoms with E-state index in [2.05, 4.69) is 30.8 Å². The van der Waals surface area contributed by atoms with Crippen LogP contribution in [0.1, 0.15) is 5.82 Å². The summed E-state index contributed by atoms with van der Waals surface area (Å²) < 4.78 is 1.37. The summed E-state index contributed by atoms with van der Waals surface area (Å²) >= 11 is 0. The van der Waals surface area contributed by atoms with Crippen LogP contribution in [-0.2, 0) is 17.8 Å². The molecule has 0 aliphatic rings. The third-order valence-corrected chi connectivity index (χ3v) is 2.82. The topological polar surface area (TPSA) is 101 Å². The van der Waals surface area contributed by atoms with E-state index in [-0.39, 0.29) is 12.5 Å². The van der Waals surface area contributed by atoms with E-state index in [9.17, 15) is 4.79 Å². The maximum Gasteiger partial charge on any atom is 0.241 e. The fraction of sp³-hybridized carbons (Fsp3) is 0.250. The number of tetrazole rings is 1. The standard InChI is InChI=1S/C12H13N7O/c20-12(7-19-8-14-17-18-19)13-6-5-11-15-9-3-1-2-4-10(9)16-11/h1-4,8H,5-7H2,(H,13,20)(H,15,16). The van der Waals surface area contributed by atoms with Gasteiger partial charge in [-0.25, -0.2) is 9.67 Å². The van der Waals surface area contributed by atoms with Crippen LogP contribution in [-0.4, -0.2) is 42.6 Å². The molecular formula is C12H13N7O. The van der Waals surface area contributed by atoms with Gasteiger partial charge in [0.05, 0.1) is 11.0 Å². The lowest BCUT2D eigenvalue weighted by atomic mass is 10.3. The lowest BCUT2D eigenvalue weighted by Crippen LogP contribution is -2.29. The fourth-order valence-corrected chi connectivity index (χ4v) is 1.90. The molecule has 0 bridgehead atoms. The van der Waals surface area contributed by atoms with Gasteiger partial charge in [-0.1, -0.05) is 12.1 Å². The number of aromatic nitrogens is 6. The van der Waals surface area contributed by atoms with Crippen LogP contribution in [0.4, 0.5) is 0 Å². The van der Waals surface area contributed by atoms with Crippen LogP contribution in [0.25, 0.3) is 11.0 Å². The fourth-order valence-electron chi connectivity index (χ4n) is 1.90. The number of carbonyl (C=O) groups excluding carboxylic acids is 1. The molecule has 1 amide bonds. The Morgan fingerprint density at radius 1 is 1.35 bits per heavy atom. The summed E-state index contributed by atoms with van der Waals surface area (Å²) in [5.41, 5.74) is 1.94. The summed E-state index contributed by atoms with van der Waals surface area (Å²) in [6, 6.07) is 7.83. The molecule has 0 radical (unpaired) electrons. The molecule has 102 valence electrons. The summed E-state index contributed by atoms with van der Waals surface area (Å²) in [6.07, 6.45) is 2.05. The van der Waals surface area contributed by atoms with Gasteiger partial charge >= 0.3 is 0 Å². The zero-order chi connectivity index (χ0) is 13.8. The Morgan fingerprint density at radius 2 is 2.25 bits per heavy atom. The highest BCUT2D eigenvalue weighted by Crippen LogP contribution is 2.10. The highest BCUT2D eigenvalue weighted by molar-refractivity contribution is 5.76. The maximum atomic E-state index is 11.6. The Kier molecular flexibility index (Phi) is 3.36. The molecule has 0 aliphatic carbocycles. The molecule has 0 fully saturated rings. The van der Waals surface area contributed by atoms with E-state index in [1.165, 1.54) is 11.0 Å². The number of fused-ring (bicyclic) bond motifs is 1. The number of nitrogens with one attached hydrogen (secondary N) is 2. The monoisotopic (exact) mass is 271 g/mol. The molecule has 0 spiro atoms. The predicted octanol–water partition coefficient (Wildman–Crippen LogP) is -0.0917. The number of rotatable bonds is 5. The Hall–Kier alpha value is -2.77. The van der Waals surface area contributed by atoms with E-state index >= 15 is 0 Å². The molecule has 1 aromatic carbocycles. The number of amides is 1. The first-order valence-electron chi connectivity index (χ1n) is 6.22. The second-order valence-corrected chi connectivity index (χ2v) is 4.31. The number of aromatic amines is 1. The third kappa shape index (κ3) is 2.79. The molecule has 0 aliphatic heterocycles. The van der Waals surface area contributed by atoms with Gasteiger partial charge in [0.1, 0.15) is 18.7 Å². The minimum atomic E-state index is -0.131. The summed E-state index contributed by atoms with van der Waals surface area (Å²) in [4.78, 5) is 19.3.